The Kier molecular flexibility index (Phi) is 12.3. The first-order valence-corrected chi connectivity index (χ1v) is 15.0. The van der Waals surface area contributed by atoms with Crippen molar-refractivity contribution in [3.63, 3.8) is 0 Å². The Balaban J connectivity index is 2.00. The number of hydrogen-bond donors (Lipinski definition) is 0. The van der Waals surface area contributed by atoms with Crippen LogP contribution in [-0.4, -0.2) is 77.6 Å². The molecule has 0 radical (unpaired) electrons. The molecule has 0 aromatic heterocycles. The molecule has 43 heavy (non-hydrogen) atoms. The van der Waals surface area contributed by atoms with Crippen LogP contribution in [0.5, 0.6) is 0 Å². The summed E-state index contributed by atoms with van der Waals surface area (Å²) in [5, 5.41) is 0. The maximum absolute atomic E-state index is 13.8. The maximum atomic E-state index is 13.8. The summed E-state index contributed by atoms with van der Waals surface area (Å²) in [7, 11) is 1.33. The normalized spacial score (nSPS) is 18.9. The van der Waals surface area contributed by atoms with Crippen LogP contribution in [-0.2, 0) is 36.8 Å². The van der Waals surface area contributed by atoms with E-state index in [-0.39, 0.29) is 37.2 Å². The monoisotopic (exact) mass is 593 g/mol. The van der Waals surface area contributed by atoms with Gasteiger partial charge in [0.25, 0.3) is 0 Å². The highest BCUT2D eigenvalue weighted by molar-refractivity contribution is 5.78. The predicted octanol–water partition coefficient (Wildman–Crippen LogP) is 5.66. The molecule has 4 atom stereocenters. The Morgan fingerprint density at radius 3 is 2.09 bits per heavy atom. The number of ether oxygens (including phenoxy) is 3. The molecule has 2 aromatic carbocycles. The number of amides is 1. The Labute approximate surface area is 256 Å². The van der Waals surface area contributed by atoms with Gasteiger partial charge in [-0.25, -0.2) is 9.59 Å². The van der Waals surface area contributed by atoms with Crippen molar-refractivity contribution in [3.05, 3.63) is 71.8 Å². The van der Waals surface area contributed by atoms with Crippen LogP contribution >= 0.6 is 0 Å². The highest BCUT2D eigenvalue weighted by Crippen LogP contribution is 2.32. The van der Waals surface area contributed by atoms with Crippen molar-refractivity contribution in [2.24, 2.45) is 10.9 Å². The number of rotatable bonds is 12. The average molecular weight is 594 g/mol. The zero-order chi connectivity index (χ0) is 31.6. The number of esters is 2. The molecule has 0 aliphatic carbocycles. The van der Waals surface area contributed by atoms with Crippen LogP contribution in [0.25, 0.3) is 0 Å². The summed E-state index contributed by atoms with van der Waals surface area (Å²) in [5.41, 5.74) is 1.26. The van der Waals surface area contributed by atoms with E-state index in [1.165, 1.54) is 7.11 Å². The van der Waals surface area contributed by atoms with Gasteiger partial charge in [0.1, 0.15) is 24.3 Å². The van der Waals surface area contributed by atoms with Gasteiger partial charge < -0.3 is 14.2 Å². The van der Waals surface area contributed by atoms with Crippen LogP contribution in [0, 0.1) is 5.92 Å². The zero-order valence-corrected chi connectivity index (χ0v) is 26.6. The molecule has 1 aliphatic heterocycles. The quantitative estimate of drug-likeness (QED) is 0.178. The van der Waals surface area contributed by atoms with Gasteiger partial charge in [-0.3, -0.25) is 19.6 Å². The highest BCUT2D eigenvalue weighted by atomic mass is 16.6. The molecule has 234 valence electrons. The molecule has 1 heterocycles. The van der Waals surface area contributed by atoms with E-state index in [0.717, 1.165) is 11.1 Å². The van der Waals surface area contributed by atoms with Gasteiger partial charge in [0, 0.05) is 12.3 Å². The SMILES string of the molecule is COC(=O)[C@H](C)/N=C/C[C@@H]1[C@H](Cc2ccccc2)N(C(=O)OC(C)(C)C)CN1[C@H](CC(C)C)C(=O)OCc1ccccc1. The Morgan fingerprint density at radius 1 is 0.930 bits per heavy atom. The maximum Gasteiger partial charge on any atom is 0.411 e. The van der Waals surface area contributed by atoms with Gasteiger partial charge in [0.2, 0.25) is 0 Å². The number of nitrogens with zero attached hydrogens (tertiary/aromatic N) is 3. The fourth-order valence-corrected chi connectivity index (χ4v) is 5.25. The van der Waals surface area contributed by atoms with Gasteiger partial charge in [-0.15, -0.1) is 0 Å². The van der Waals surface area contributed by atoms with Crippen LogP contribution in [0.4, 0.5) is 4.79 Å². The third-order valence-electron chi connectivity index (χ3n) is 7.31. The number of methoxy groups -OCH3 is 1. The molecular formula is C34H47N3O6. The third-order valence-corrected chi connectivity index (χ3v) is 7.31. The van der Waals surface area contributed by atoms with Crippen LogP contribution in [0.15, 0.2) is 65.7 Å². The Morgan fingerprint density at radius 2 is 1.53 bits per heavy atom. The minimum Gasteiger partial charge on any atom is -0.467 e. The van der Waals surface area contributed by atoms with E-state index in [1.807, 2.05) is 81.4 Å². The summed E-state index contributed by atoms with van der Waals surface area (Å²) in [4.78, 5) is 47.6. The van der Waals surface area contributed by atoms with Gasteiger partial charge >= 0.3 is 18.0 Å². The molecule has 1 aliphatic rings. The van der Waals surface area contributed by atoms with Crippen LogP contribution in [0.2, 0.25) is 0 Å². The molecule has 1 amide bonds. The summed E-state index contributed by atoms with van der Waals surface area (Å²) in [6.45, 7) is 11.7. The smallest absolute Gasteiger partial charge is 0.411 e. The Hall–Kier alpha value is -3.72. The van der Waals surface area contributed by atoms with Crippen molar-refractivity contribution >= 4 is 24.2 Å². The molecule has 1 saturated heterocycles. The largest absolute Gasteiger partial charge is 0.467 e. The fraction of sp³-hybridized carbons (Fsp3) is 0.529. The van der Waals surface area contributed by atoms with E-state index in [0.29, 0.717) is 19.3 Å². The lowest BCUT2D eigenvalue weighted by Crippen LogP contribution is -2.48. The predicted molar refractivity (Wildman–Crippen MR) is 167 cm³/mol. The van der Waals surface area contributed by atoms with Crippen molar-refractivity contribution in [2.45, 2.75) is 97.2 Å². The zero-order valence-electron chi connectivity index (χ0n) is 26.6. The Bertz CT molecular complexity index is 1210. The first-order chi connectivity index (χ1) is 20.4. The van der Waals surface area contributed by atoms with Gasteiger partial charge in [-0.2, -0.15) is 0 Å². The minimum atomic E-state index is -0.694. The van der Waals surface area contributed by atoms with Gasteiger partial charge in [0.05, 0.1) is 19.8 Å². The molecule has 9 heteroatoms. The number of aliphatic imine (C=N–C) groups is 1. The second-order valence-electron chi connectivity index (χ2n) is 12.4. The second-order valence-corrected chi connectivity index (χ2v) is 12.4. The number of benzene rings is 2. The lowest BCUT2D eigenvalue weighted by atomic mass is 9.94. The van der Waals surface area contributed by atoms with E-state index in [4.69, 9.17) is 14.2 Å². The van der Waals surface area contributed by atoms with Crippen molar-refractivity contribution in [1.82, 2.24) is 9.80 Å². The average Bonchev–Trinajstić information content (AvgIpc) is 3.31. The van der Waals surface area contributed by atoms with Gasteiger partial charge in [-0.05, 0) is 64.0 Å². The van der Waals surface area contributed by atoms with E-state index in [2.05, 4.69) is 23.7 Å². The van der Waals surface area contributed by atoms with Crippen molar-refractivity contribution in [1.29, 1.82) is 0 Å². The molecule has 0 N–H and O–H groups in total. The molecule has 0 spiro atoms. The lowest BCUT2D eigenvalue weighted by molar-refractivity contribution is -0.152. The molecular weight excluding hydrogens is 546 g/mol. The van der Waals surface area contributed by atoms with Crippen molar-refractivity contribution in [2.75, 3.05) is 13.8 Å². The third kappa shape index (κ3) is 10.2. The molecule has 0 saturated carbocycles. The lowest BCUT2D eigenvalue weighted by Gasteiger charge is -2.32. The van der Waals surface area contributed by atoms with E-state index < -0.39 is 29.7 Å². The van der Waals surface area contributed by atoms with Crippen LogP contribution in [0.1, 0.15) is 65.5 Å². The van der Waals surface area contributed by atoms with Gasteiger partial charge in [-0.1, -0.05) is 74.5 Å². The number of carbonyl (C=O) groups excluding carboxylic acids is 3. The molecule has 0 unspecified atom stereocenters. The molecule has 9 nitrogen and oxygen atoms in total. The van der Waals surface area contributed by atoms with E-state index in [9.17, 15) is 14.4 Å². The first-order valence-electron chi connectivity index (χ1n) is 15.0. The van der Waals surface area contributed by atoms with E-state index >= 15 is 0 Å². The summed E-state index contributed by atoms with van der Waals surface area (Å²) in [5.74, 6) is -0.587. The standard InChI is InChI=1S/C34H47N3O6/c1-24(2)20-30(32(39)42-22-27-16-12-9-13-17-27)36-23-37(33(40)43-34(4,5)6)29(21-26-14-10-8-11-15-26)28(36)18-19-35-25(3)31(38)41-7/h8-17,19,24-25,28-30H,18,20-23H2,1-7H3/b35-19+/t25-,28+,29-,30+/m0/s1. The second kappa shape index (κ2) is 15.7. The topological polar surface area (TPSA) is 97.7 Å². The van der Waals surface area contributed by atoms with Crippen molar-refractivity contribution in [3.8, 4) is 0 Å². The van der Waals surface area contributed by atoms with E-state index in [1.54, 1.807) is 18.0 Å². The molecule has 2 aromatic rings. The number of carbonyl (C=O) groups is 3. The van der Waals surface area contributed by atoms with Crippen LogP contribution < -0.4 is 0 Å². The van der Waals surface area contributed by atoms with Gasteiger partial charge in [0.15, 0.2) is 0 Å². The highest BCUT2D eigenvalue weighted by Gasteiger charge is 2.48. The summed E-state index contributed by atoms with van der Waals surface area (Å²) in [6, 6.07) is 17.6. The summed E-state index contributed by atoms with van der Waals surface area (Å²) < 4.78 is 16.5. The van der Waals surface area contributed by atoms with Crippen LogP contribution in [0.3, 0.4) is 0 Å². The molecule has 3 rings (SSSR count). The number of hydrogen-bond acceptors (Lipinski definition) is 8. The fourth-order valence-electron chi connectivity index (χ4n) is 5.25. The summed E-state index contributed by atoms with van der Waals surface area (Å²) in [6.07, 6.45) is 2.76. The summed E-state index contributed by atoms with van der Waals surface area (Å²) >= 11 is 0. The molecule has 1 fully saturated rings. The minimum absolute atomic E-state index is 0.161. The van der Waals surface area contributed by atoms with Crippen molar-refractivity contribution < 1.29 is 28.6 Å². The molecule has 0 bridgehead atoms. The first kappa shape index (κ1) is 33.8.